The van der Waals surface area contributed by atoms with Crippen molar-refractivity contribution in [2.45, 2.75) is 0 Å². The second-order valence-electron chi connectivity index (χ2n) is 1.46. The van der Waals surface area contributed by atoms with Gasteiger partial charge in [-0.25, -0.2) is 13.4 Å². The van der Waals surface area contributed by atoms with Crippen LogP contribution in [-0.2, 0) is 14.6 Å². The summed E-state index contributed by atoms with van der Waals surface area (Å²) in [4.78, 5) is 13.2. The van der Waals surface area contributed by atoms with E-state index in [0.717, 1.165) is 11.5 Å². The van der Waals surface area contributed by atoms with Crippen molar-refractivity contribution in [2.75, 3.05) is 0 Å². The number of carbonyl (C=O) groups excluding carboxylic acids is 1. The zero-order chi connectivity index (χ0) is 6.91. The summed E-state index contributed by atoms with van der Waals surface area (Å²) in [7, 11) is -3.31. The van der Waals surface area contributed by atoms with Gasteiger partial charge in [0, 0.05) is 11.5 Å². The molecule has 0 aromatic rings. The molecule has 0 aromatic carbocycles. The Labute approximate surface area is 51.8 Å². The third-order valence-corrected chi connectivity index (χ3v) is 1.64. The Balaban J connectivity index is 3.10. The van der Waals surface area contributed by atoms with Gasteiger partial charge in [-0.15, -0.1) is 0 Å². The lowest BCUT2D eigenvalue weighted by Gasteiger charge is -1.91. The first-order valence-electron chi connectivity index (χ1n) is 2.11. The number of nitrogens with zero attached hydrogens (tertiary/aromatic N) is 1. The average Bonchev–Trinajstić information content (AvgIpc) is 1.78. The van der Waals surface area contributed by atoms with E-state index in [-0.39, 0.29) is 0 Å². The van der Waals surface area contributed by atoms with Crippen molar-refractivity contribution in [3.05, 3.63) is 11.5 Å². The van der Waals surface area contributed by atoms with Crippen molar-refractivity contribution < 1.29 is 13.2 Å². The molecule has 0 aliphatic carbocycles. The maximum absolute atomic E-state index is 10.4. The van der Waals surface area contributed by atoms with Crippen LogP contribution in [0.25, 0.3) is 0 Å². The van der Waals surface area contributed by atoms with E-state index in [1.807, 2.05) is 0 Å². The van der Waals surface area contributed by atoms with Gasteiger partial charge in [0.25, 0.3) is 5.91 Å². The van der Waals surface area contributed by atoms with E-state index in [1.54, 1.807) is 0 Å². The maximum Gasteiger partial charge on any atom is 0.271 e. The van der Waals surface area contributed by atoms with E-state index in [9.17, 15) is 13.2 Å². The van der Waals surface area contributed by atoms with Gasteiger partial charge in [-0.2, -0.15) is 0 Å². The number of carbonyl (C=O) groups is 1. The molecule has 5 heteroatoms. The van der Waals surface area contributed by atoms with Gasteiger partial charge < -0.3 is 0 Å². The van der Waals surface area contributed by atoms with Gasteiger partial charge in [0.15, 0.2) is 0 Å². The molecule has 0 atom stereocenters. The first kappa shape index (κ1) is 6.15. The molecule has 1 amide bonds. The first-order chi connectivity index (χ1) is 4.10. The molecule has 1 aliphatic heterocycles. The van der Waals surface area contributed by atoms with E-state index in [2.05, 4.69) is 4.99 Å². The minimum Gasteiger partial charge on any atom is -0.267 e. The lowest BCUT2D eigenvalue weighted by molar-refractivity contribution is -0.113. The number of hydrogen-bond acceptors (Lipinski definition) is 3. The van der Waals surface area contributed by atoms with Crippen molar-refractivity contribution in [2.24, 2.45) is 4.99 Å². The van der Waals surface area contributed by atoms with Crippen molar-refractivity contribution in [1.29, 1.82) is 0 Å². The maximum atomic E-state index is 10.4. The average molecular weight is 145 g/mol. The Kier molecular flexibility index (Phi) is 1.21. The third-order valence-electron chi connectivity index (χ3n) is 0.727. The summed E-state index contributed by atoms with van der Waals surface area (Å²) in [6.07, 6.45) is 0.912. The molecule has 0 unspecified atom stereocenters. The smallest absolute Gasteiger partial charge is 0.267 e. The third kappa shape index (κ3) is 1.46. The molecular weight excluding hydrogens is 142 g/mol. The summed E-state index contributed by atoms with van der Waals surface area (Å²) < 4.78 is 20.8. The van der Waals surface area contributed by atoms with Crippen LogP contribution in [0.2, 0.25) is 0 Å². The molecule has 4 nitrogen and oxygen atoms in total. The highest BCUT2D eigenvalue weighted by Gasteiger charge is 2.07. The highest BCUT2D eigenvalue weighted by atomic mass is 32.2. The highest BCUT2D eigenvalue weighted by molar-refractivity contribution is 8.07. The van der Waals surface area contributed by atoms with Crippen LogP contribution in [0.5, 0.6) is 0 Å². The molecule has 0 saturated carbocycles. The fraction of sp³-hybridized carbons (Fsp3) is 0. The van der Waals surface area contributed by atoms with Crippen molar-refractivity contribution in [1.82, 2.24) is 0 Å². The zero-order valence-corrected chi connectivity index (χ0v) is 5.13. The van der Waals surface area contributed by atoms with Gasteiger partial charge in [0.2, 0.25) is 9.84 Å². The van der Waals surface area contributed by atoms with Crippen LogP contribution in [-0.4, -0.2) is 19.9 Å². The van der Waals surface area contributed by atoms with Gasteiger partial charge in [0.1, 0.15) is 5.55 Å². The fourth-order valence-electron chi connectivity index (χ4n) is 0.357. The number of rotatable bonds is 0. The Morgan fingerprint density at radius 2 is 2.11 bits per heavy atom. The molecule has 0 saturated heterocycles. The minimum absolute atomic E-state index is 0.537. The summed E-state index contributed by atoms with van der Waals surface area (Å²) in [5.74, 6) is -0.537. The second kappa shape index (κ2) is 1.77. The lowest BCUT2D eigenvalue weighted by Crippen LogP contribution is -2.04. The largest absolute Gasteiger partial charge is 0.271 e. The predicted octanol–water partition coefficient (Wildman–Crippen LogP) is -0.517. The summed E-state index contributed by atoms with van der Waals surface area (Å²) in [5.41, 5.74) is 0.634. The van der Waals surface area contributed by atoms with E-state index in [0.29, 0.717) is 5.55 Å². The fourth-order valence-corrected chi connectivity index (χ4v) is 0.984. The van der Waals surface area contributed by atoms with Crippen molar-refractivity contribution >= 4 is 21.3 Å². The quantitative estimate of drug-likeness (QED) is 0.461. The SMILES string of the molecule is O=C1C=CS(=O)(=O)C=N1. The van der Waals surface area contributed by atoms with Crippen molar-refractivity contribution in [3.8, 4) is 0 Å². The Hall–Kier alpha value is -0.970. The van der Waals surface area contributed by atoms with Crippen LogP contribution in [0.1, 0.15) is 0 Å². The van der Waals surface area contributed by atoms with Gasteiger partial charge in [-0.3, -0.25) is 4.79 Å². The predicted molar refractivity (Wildman–Crippen MR) is 31.6 cm³/mol. The van der Waals surface area contributed by atoms with Crippen LogP contribution < -0.4 is 0 Å². The van der Waals surface area contributed by atoms with E-state index >= 15 is 0 Å². The summed E-state index contributed by atoms with van der Waals surface area (Å²) in [6.45, 7) is 0. The molecular formula is C4H3NO3S. The Morgan fingerprint density at radius 3 is 2.44 bits per heavy atom. The Bertz CT molecular complexity index is 263. The number of aliphatic imine (C=N–C) groups is 1. The molecule has 0 radical (unpaired) electrons. The monoisotopic (exact) mass is 145 g/mol. The molecule has 0 spiro atoms. The normalized spacial score (nSPS) is 22.4. The summed E-state index contributed by atoms with van der Waals surface area (Å²) >= 11 is 0. The Morgan fingerprint density at radius 1 is 1.44 bits per heavy atom. The van der Waals surface area contributed by atoms with Gasteiger partial charge in [-0.1, -0.05) is 0 Å². The summed E-state index contributed by atoms with van der Waals surface area (Å²) in [5, 5.41) is 0.822. The highest BCUT2D eigenvalue weighted by Crippen LogP contribution is 1.95. The lowest BCUT2D eigenvalue weighted by atomic mass is 10.6. The van der Waals surface area contributed by atoms with E-state index in [4.69, 9.17) is 0 Å². The first-order valence-corrected chi connectivity index (χ1v) is 3.72. The van der Waals surface area contributed by atoms with Crippen molar-refractivity contribution in [3.63, 3.8) is 0 Å². The topological polar surface area (TPSA) is 63.6 Å². The van der Waals surface area contributed by atoms with Crippen LogP contribution >= 0.6 is 0 Å². The second-order valence-corrected chi connectivity index (χ2v) is 3.13. The molecule has 1 heterocycles. The molecule has 1 rings (SSSR count). The van der Waals surface area contributed by atoms with Gasteiger partial charge in [0.05, 0.1) is 0 Å². The minimum atomic E-state index is -3.31. The number of amides is 1. The van der Waals surface area contributed by atoms with E-state index < -0.39 is 15.7 Å². The van der Waals surface area contributed by atoms with Crippen LogP contribution in [0.15, 0.2) is 16.5 Å². The van der Waals surface area contributed by atoms with Crippen LogP contribution in [0, 0.1) is 0 Å². The van der Waals surface area contributed by atoms with Crippen LogP contribution in [0.4, 0.5) is 0 Å². The molecule has 0 N–H and O–H groups in total. The molecule has 9 heavy (non-hydrogen) atoms. The number of hydrogen-bond donors (Lipinski definition) is 0. The molecule has 48 valence electrons. The van der Waals surface area contributed by atoms with Gasteiger partial charge >= 0.3 is 0 Å². The zero-order valence-electron chi connectivity index (χ0n) is 4.31. The molecule has 1 aliphatic rings. The van der Waals surface area contributed by atoms with E-state index in [1.165, 1.54) is 0 Å². The summed E-state index contributed by atoms with van der Waals surface area (Å²) in [6, 6.07) is 0. The van der Waals surface area contributed by atoms with Gasteiger partial charge in [-0.05, 0) is 0 Å². The standard InChI is InChI=1S/C4H3NO3S/c6-4-1-2-9(7,8)3-5-4/h1-3H. The molecule has 0 aromatic heterocycles. The molecule has 0 fully saturated rings. The molecule has 0 bridgehead atoms. The number of sulfone groups is 1. The van der Waals surface area contributed by atoms with Crippen LogP contribution in [0.3, 0.4) is 0 Å².